The molecule has 5 heteroatoms. The molecule has 10 aromatic rings. The van der Waals surface area contributed by atoms with Crippen LogP contribution >= 0.6 is 0 Å². The van der Waals surface area contributed by atoms with Crippen LogP contribution < -0.4 is 0 Å². The number of rotatable bonds is 5. The molecule has 0 saturated carbocycles. The van der Waals surface area contributed by atoms with Gasteiger partial charge in [-0.1, -0.05) is 121 Å². The minimum Gasteiger partial charge on any atom is -0.264 e. The van der Waals surface area contributed by atoms with Crippen LogP contribution in [0.15, 0.2) is 176 Å². The van der Waals surface area contributed by atoms with E-state index in [0.717, 1.165) is 77.3 Å². The Hall–Kier alpha value is -7.11. The topological polar surface area (TPSA) is 64.5 Å². The molecule has 6 aromatic carbocycles. The number of fused-ring (bicyclic) bond motifs is 5. The summed E-state index contributed by atoms with van der Waals surface area (Å²) in [5.41, 5.74) is 10.9. The first-order chi connectivity index (χ1) is 25.8. The second-order valence-corrected chi connectivity index (χ2v) is 12.9. The molecular weight excluding hydrogens is 635 g/mol. The largest absolute Gasteiger partial charge is 0.264 e. The Morgan fingerprint density at radius 1 is 0.346 bits per heavy atom. The van der Waals surface area contributed by atoms with E-state index in [2.05, 4.69) is 138 Å². The number of hydrogen-bond donors (Lipinski definition) is 0. The number of hydrogen-bond acceptors (Lipinski definition) is 5. The first kappa shape index (κ1) is 29.8. The molecule has 4 aromatic heterocycles. The van der Waals surface area contributed by atoms with Gasteiger partial charge in [-0.2, -0.15) is 0 Å². The molecule has 0 N–H and O–H groups in total. The van der Waals surface area contributed by atoms with Gasteiger partial charge in [0.25, 0.3) is 0 Å². The summed E-state index contributed by atoms with van der Waals surface area (Å²) in [7, 11) is 0. The number of aromatic nitrogens is 5. The van der Waals surface area contributed by atoms with Crippen LogP contribution in [0.1, 0.15) is 0 Å². The van der Waals surface area contributed by atoms with Crippen molar-refractivity contribution in [2.45, 2.75) is 0 Å². The molecular formula is C47H29N5. The average Bonchev–Trinajstić information content (AvgIpc) is 3.23. The first-order valence-corrected chi connectivity index (χ1v) is 17.3. The highest BCUT2D eigenvalue weighted by Gasteiger charge is 2.18. The summed E-state index contributed by atoms with van der Waals surface area (Å²) in [6.07, 6.45) is 7.36. The van der Waals surface area contributed by atoms with Crippen molar-refractivity contribution in [1.29, 1.82) is 0 Å². The average molecular weight is 664 g/mol. The Balaban J connectivity index is 1.19. The van der Waals surface area contributed by atoms with E-state index in [-0.39, 0.29) is 0 Å². The van der Waals surface area contributed by atoms with Gasteiger partial charge in [-0.3, -0.25) is 15.0 Å². The van der Waals surface area contributed by atoms with Crippen molar-refractivity contribution in [3.63, 3.8) is 0 Å². The zero-order chi connectivity index (χ0) is 34.4. The van der Waals surface area contributed by atoms with Gasteiger partial charge in [0.1, 0.15) is 0 Å². The third kappa shape index (κ3) is 5.07. The highest BCUT2D eigenvalue weighted by atomic mass is 14.9. The zero-order valence-electron chi connectivity index (χ0n) is 28.0. The fraction of sp³-hybridized carbons (Fsp3) is 0. The van der Waals surface area contributed by atoms with Gasteiger partial charge in [0, 0.05) is 57.8 Å². The number of benzene rings is 6. The molecule has 0 amide bonds. The molecule has 0 spiro atoms. The van der Waals surface area contributed by atoms with E-state index in [1.54, 1.807) is 6.20 Å². The van der Waals surface area contributed by atoms with Crippen molar-refractivity contribution in [3.8, 4) is 56.2 Å². The summed E-state index contributed by atoms with van der Waals surface area (Å²) < 4.78 is 0. The molecule has 0 fully saturated rings. The monoisotopic (exact) mass is 663 g/mol. The van der Waals surface area contributed by atoms with Crippen LogP contribution in [0.2, 0.25) is 0 Å². The minimum atomic E-state index is 0.653. The van der Waals surface area contributed by atoms with Gasteiger partial charge in [-0.05, 0) is 68.6 Å². The van der Waals surface area contributed by atoms with E-state index in [4.69, 9.17) is 19.9 Å². The van der Waals surface area contributed by atoms with Gasteiger partial charge < -0.3 is 0 Å². The Morgan fingerprint density at radius 2 is 0.962 bits per heavy atom. The molecule has 4 heterocycles. The van der Waals surface area contributed by atoms with E-state index in [0.29, 0.717) is 5.82 Å². The van der Waals surface area contributed by atoms with Crippen molar-refractivity contribution in [1.82, 2.24) is 24.9 Å². The van der Waals surface area contributed by atoms with Crippen LogP contribution in [0, 0.1) is 0 Å². The van der Waals surface area contributed by atoms with Gasteiger partial charge in [0.05, 0.1) is 22.4 Å². The van der Waals surface area contributed by atoms with Crippen molar-refractivity contribution in [3.05, 3.63) is 176 Å². The fourth-order valence-electron chi connectivity index (χ4n) is 7.41. The zero-order valence-corrected chi connectivity index (χ0v) is 28.0. The second kappa shape index (κ2) is 12.3. The minimum absolute atomic E-state index is 0.653. The molecule has 0 unspecified atom stereocenters. The van der Waals surface area contributed by atoms with Crippen molar-refractivity contribution < 1.29 is 0 Å². The van der Waals surface area contributed by atoms with E-state index >= 15 is 0 Å². The molecule has 0 saturated heterocycles. The van der Waals surface area contributed by atoms with Crippen LogP contribution in [0.3, 0.4) is 0 Å². The van der Waals surface area contributed by atoms with Crippen molar-refractivity contribution in [2.75, 3.05) is 0 Å². The number of pyridine rings is 3. The van der Waals surface area contributed by atoms with E-state index in [1.807, 2.05) is 36.8 Å². The summed E-state index contributed by atoms with van der Waals surface area (Å²) in [4.78, 5) is 24.5. The van der Waals surface area contributed by atoms with Crippen molar-refractivity contribution in [2.24, 2.45) is 0 Å². The molecule has 52 heavy (non-hydrogen) atoms. The lowest BCUT2D eigenvalue weighted by Crippen LogP contribution is -1.98. The summed E-state index contributed by atoms with van der Waals surface area (Å²) in [6, 6.07) is 52.9. The maximum Gasteiger partial charge on any atom is 0.160 e. The predicted octanol–water partition coefficient (Wildman–Crippen LogP) is 11.6. The molecule has 0 radical (unpaired) electrons. The van der Waals surface area contributed by atoms with Crippen LogP contribution in [-0.4, -0.2) is 24.9 Å². The summed E-state index contributed by atoms with van der Waals surface area (Å²) in [5, 5.41) is 6.70. The van der Waals surface area contributed by atoms with Crippen LogP contribution in [0.25, 0.3) is 99.5 Å². The molecule has 242 valence electrons. The molecule has 0 aliphatic rings. The highest BCUT2D eigenvalue weighted by molar-refractivity contribution is 6.10. The Bertz CT molecular complexity index is 2950. The maximum atomic E-state index is 5.30. The molecule has 0 bridgehead atoms. The summed E-state index contributed by atoms with van der Waals surface area (Å²) in [6.45, 7) is 0. The lowest BCUT2D eigenvalue weighted by atomic mass is 9.93. The quantitative estimate of drug-likeness (QED) is 0.171. The van der Waals surface area contributed by atoms with Crippen LogP contribution in [-0.2, 0) is 0 Å². The predicted molar refractivity (Wildman–Crippen MR) is 213 cm³/mol. The maximum absolute atomic E-state index is 5.30. The van der Waals surface area contributed by atoms with Crippen LogP contribution in [0.4, 0.5) is 0 Å². The van der Waals surface area contributed by atoms with E-state index < -0.39 is 0 Å². The molecule has 0 aliphatic carbocycles. The molecule has 10 rings (SSSR count). The molecule has 0 atom stereocenters. The third-order valence-corrected chi connectivity index (χ3v) is 9.88. The van der Waals surface area contributed by atoms with Gasteiger partial charge in [-0.15, -0.1) is 0 Å². The molecule has 5 nitrogen and oxygen atoms in total. The first-order valence-electron chi connectivity index (χ1n) is 17.3. The Labute approximate surface area is 300 Å². The Morgan fingerprint density at radius 3 is 1.79 bits per heavy atom. The summed E-state index contributed by atoms with van der Waals surface area (Å²) in [5.74, 6) is 0.653. The van der Waals surface area contributed by atoms with Gasteiger partial charge in [-0.25, -0.2) is 9.97 Å². The van der Waals surface area contributed by atoms with E-state index in [1.165, 1.54) is 16.3 Å². The lowest BCUT2D eigenvalue weighted by Gasteiger charge is -2.15. The SMILES string of the molecule is c1cncc(-c2ccc(-c3cc(-c4cc5cccnc5c5ncccc45)nc(-c4ccc(-c5cccc6ccccc56)cc4)n3)c3ccccc23)c1. The second-order valence-electron chi connectivity index (χ2n) is 12.9. The molecule has 0 aliphatic heterocycles. The van der Waals surface area contributed by atoms with Gasteiger partial charge >= 0.3 is 0 Å². The smallest absolute Gasteiger partial charge is 0.160 e. The van der Waals surface area contributed by atoms with Crippen LogP contribution in [0.5, 0.6) is 0 Å². The summed E-state index contributed by atoms with van der Waals surface area (Å²) >= 11 is 0. The van der Waals surface area contributed by atoms with Gasteiger partial charge in [0.15, 0.2) is 5.82 Å². The van der Waals surface area contributed by atoms with Crippen molar-refractivity contribution >= 4 is 43.4 Å². The lowest BCUT2D eigenvalue weighted by molar-refractivity contribution is 1.19. The van der Waals surface area contributed by atoms with E-state index in [9.17, 15) is 0 Å². The fourth-order valence-corrected chi connectivity index (χ4v) is 7.41. The number of nitrogens with zero attached hydrogens (tertiary/aromatic N) is 5. The van der Waals surface area contributed by atoms with Gasteiger partial charge in [0.2, 0.25) is 0 Å². The highest BCUT2D eigenvalue weighted by Crippen LogP contribution is 2.39. The normalized spacial score (nSPS) is 11.5. The standard InChI is InChI=1S/C47H29N5/c1-2-13-35-30(9-1)10-5-16-36(35)31-18-20-32(21-19-31)47-51-43(40-23-22-37(34-12-6-24-48-29-34)38-14-3-4-15-39(38)40)28-44(52-47)42-27-33-11-7-25-49-45(33)46-41(42)17-8-26-50-46/h1-29H. The third-order valence-electron chi connectivity index (χ3n) is 9.88. The Kier molecular flexibility index (Phi) is 7.07.